The zero-order valence-corrected chi connectivity index (χ0v) is 17.8. The fourth-order valence-electron chi connectivity index (χ4n) is 2.81. The van der Waals surface area contributed by atoms with E-state index < -0.39 is 0 Å². The summed E-state index contributed by atoms with van der Waals surface area (Å²) in [5.41, 5.74) is 3.86. The van der Waals surface area contributed by atoms with Gasteiger partial charge in [-0.2, -0.15) is 0 Å². The molecule has 3 aromatic rings. The predicted molar refractivity (Wildman–Crippen MR) is 112 cm³/mol. The van der Waals surface area contributed by atoms with Crippen molar-refractivity contribution in [2.45, 2.75) is 32.5 Å². The van der Waals surface area contributed by atoms with E-state index in [1.807, 2.05) is 49.6 Å². The minimum atomic E-state index is -0.0652. The van der Waals surface area contributed by atoms with Gasteiger partial charge in [0.2, 0.25) is 5.91 Å². The van der Waals surface area contributed by atoms with Gasteiger partial charge >= 0.3 is 0 Å². The van der Waals surface area contributed by atoms with E-state index in [-0.39, 0.29) is 11.7 Å². The second-order valence-electron chi connectivity index (χ2n) is 6.04. The topological polar surface area (TPSA) is 72.7 Å². The standard InChI is InChI=1S/C19H20BrN5OS/c1-4-25-18(14-5-7-21-8-6-14)23-24-19(25)27-11-16(26)22-17-12(2)9-15(20)10-13(17)3/h5-10H,4,11H2,1-3H3,(H,22,26). The first-order valence-electron chi connectivity index (χ1n) is 8.52. The normalized spacial score (nSPS) is 10.8. The van der Waals surface area contributed by atoms with E-state index in [2.05, 4.69) is 36.4 Å². The van der Waals surface area contributed by atoms with Crippen molar-refractivity contribution in [2.75, 3.05) is 11.1 Å². The number of nitrogens with zero attached hydrogens (tertiary/aromatic N) is 4. The number of thioether (sulfide) groups is 1. The van der Waals surface area contributed by atoms with Gasteiger partial charge in [0.25, 0.3) is 0 Å². The molecule has 0 saturated heterocycles. The number of halogens is 1. The van der Waals surface area contributed by atoms with Crippen molar-refractivity contribution in [1.29, 1.82) is 0 Å². The first-order chi connectivity index (χ1) is 13.0. The third kappa shape index (κ3) is 4.56. The summed E-state index contributed by atoms with van der Waals surface area (Å²) in [4.78, 5) is 16.5. The van der Waals surface area contributed by atoms with Crippen LogP contribution in [0.15, 0.2) is 46.3 Å². The number of rotatable bonds is 6. The number of hydrogen-bond acceptors (Lipinski definition) is 5. The highest BCUT2D eigenvalue weighted by Gasteiger charge is 2.15. The molecule has 0 spiro atoms. The summed E-state index contributed by atoms with van der Waals surface area (Å²) in [6.45, 7) is 6.72. The summed E-state index contributed by atoms with van der Waals surface area (Å²) in [6, 6.07) is 7.78. The summed E-state index contributed by atoms with van der Waals surface area (Å²) in [5.74, 6) is 0.982. The number of anilines is 1. The SMILES string of the molecule is CCn1c(SCC(=O)Nc2c(C)cc(Br)cc2C)nnc1-c1ccncc1. The Morgan fingerprint density at radius 1 is 1.19 bits per heavy atom. The molecule has 0 aliphatic rings. The van der Waals surface area contributed by atoms with Gasteiger partial charge in [-0.25, -0.2) is 0 Å². The molecule has 3 rings (SSSR count). The van der Waals surface area contributed by atoms with Crippen LogP contribution in [-0.2, 0) is 11.3 Å². The van der Waals surface area contributed by atoms with Gasteiger partial charge in [-0.05, 0) is 56.2 Å². The molecule has 0 aliphatic heterocycles. The zero-order chi connectivity index (χ0) is 19.4. The lowest BCUT2D eigenvalue weighted by atomic mass is 10.1. The van der Waals surface area contributed by atoms with Crippen molar-refractivity contribution in [2.24, 2.45) is 0 Å². The van der Waals surface area contributed by atoms with E-state index >= 15 is 0 Å². The van der Waals surface area contributed by atoms with Gasteiger partial charge in [0, 0.05) is 34.7 Å². The Labute approximate surface area is 170 Å². The van der Waals surface area contributed by atoms with E-state index in [1.54, 1.807) is 12.4 Å². The molecule has 1 amide bonds. The highest BCUT2D eigenvalue weighted by Crippen LogP contribution is 2.26. The molecule has 2 aromatic heterocycles. The van der Waals surface area contributed by atoms with Crippen molar-refractivity contribution >= 4 is 39.3 Å². The molecule has 0 bridgehead atoms. The summed E-state index contributed by atoms with van der Waals surface area (Å²) >= 11 is 4.86. The molecule has 0 atom stereocenters. The number of carbonyl (C=O) groups excluding carboxylic acids is 1. The Morgan fingerprint density at radius 3 is 2.48 bits per heavy atom. The average Bonchev–Trinajstić information content (AvgIpc) is 3.06. The largest absolute Gasteiger partial charge is 0.325 e. The number of aromatic nitrogens is 4. The number of amides is 1. The molecular weight excluding hydrogens is 426 g/mol. The van der Waals surface area contributed by atoms with Crippen molar-refractivity contribution in [3.8, 4) is 11.4 Å². The van der Waals surface area contributed by atoms with Gasteiger partial charge in [-0.15, -0.1) is 10.2 Å². The molecule has 0 unspecified atom stereocenters. The Morgan fingerprint density at radius 2 is 1.85 bits per heavy atom. The molecule has 2 heterocycles. The van der Waals surface area contributed by atoms with Crippen molar-refractivity contribution in [3.63, 3.8) is 0 Å². The van der Waals surface area contributed by atoms with Crippen LogP contribution in [-0.4, -0.2) is 31.4 Å². The Hall–Kier alpha value is -2.19. The maximum Gasteiger partial charge on any atom is 0.234 e. The Bertz CT molecular complexity index is 935. The third-order valence-corrected chi connectivity index (χ3v) is 5.49. The second-order valence-corrected chi connectivity index (χ2v) is 7.90. The molecular formula is C19H20BrN5OS. The predicted octanol–water partition coefficient (Wildman–Crippen LogP) is 4.47. The van der Waals surface area contributed by atoms with E-state index in [1.165, 1.54) is 11.8 Å². The molecule has 1 aromatic carbocycles. The number of benzene rings is 1. The van der Waals surface area contributed by atoms with Crippen molar-refractivity contribution in [1.82, 2.24) is 19.7 Å². The van der Waals surface area contributed by atoms with Crippen LogP contribution in [0.3, 0.4) is 0 Å². The summed E-state index contributed by atoms with van der Waals surface area (Å²) in [6.07, 6.45) is 3.46. The summed E-state index contributed by atoms with van der Waals surface area (Å²) in [5, 5.41) is 12.3. The molecule has 6 nitrogen and oxygen atoms in total. The van der Waals surface area contributed by atoms with Crippen LogP contribution in [0.1, 0.15) is 18.1 Å². The third-order valence-electron chi connectivity index (χ3n) is 4.07. The van der Waals surface area contributed by atoms with Gasteiger partial charge in [-0.3, -0.25) is 9.78 Å². The number of hydrogen-bond donors (Lipinski definition) is 1. The molecule has 0 radical (unpaired) electrons. The van der Waals surface area contributed by atoms with Crippen LogP contribution in [0, 0.1) is 13.8 Å². The summed E-state index contributed by atoms with van der Waals surface area (Å²) in [7, 11) is 0. The number of pyridine rings is 1. The highest BCUT2D eigenvalue weighted by molar-refractivity contribution is 9.10. The van der Waals surface area contributed by atoms with Crippen LogP contribution in [0.5, 0.6) is 0 Å². The van der Waals surface area contributed by atoms with Gasteiger partial charge in [0.05, 0.1) is 5.75 Å². The highest BCUT2D eigenvalue weighted by atomic mass is 79.9. The maximum absolute atomic E-state index is 12.4. The molecule has 0 saturated carbocycles. The van der Waals surface area contributed by atoms with Gasteiger partial charge < -0.3 is 9.88 Å². The van der Waals surface area contributed by atoms with Gasteiger partial charge in [-0.1, -0.05) is 27.7 Å². The van der Waals surface area contributed by atoms with Crippen molar-refractivity contribution in [3.05, 3.63) is 52.3 Å². The molecule has 1 N–H and O–H groups in total. The lowest BCUT2D eigenvalue weighted by Gasteiger charge is -2.12. The molecule has 27 heavy (non-hydrogen) atoms. The molecule has 0 fully saturated rings. The Balaban J connectivity index is 1.70. The van der Waals surface area contributed by atoms with E-state index in [9.17, 15) is 4.79 Å². The van der Waals surface area contributed by atoms with Crippen LogP contribution in [0.25, 0.3) is 11.4 Å². The first-order valence-corrected chi connectivity index (χ1v) is 10.3. The minimum absolute atomic E-state index is 0.0652. The van der Waals surface area contributed by atoms with Gasteiger partial charge in [0.1, 0.15) is 0 Å². The summed E-state index contributed by atoms with van der Waals surface area (Å²) < 4.78 is 3.01. The molecule has 0 aliphatic carbocycles. The zero-order valence-electron chi connectivity index (χ0n) is 15.4. The number of aryl methyl sites for hydroxylation is 2. The van der Waals surface area contributed by atoms with Crippen LogP contribution in [0.4, 0.5) is 5.69 Å². The average molecular weight is 446 g/mol. The number of nitrogens with one attached hydrogen (secondary N) is 1. The quantitative estimate of drug-likeness (QED) is 0.566. The van der Waals surface area contributed by atoms with Crippen LogP contribution in [0.2, 0.25) is 0 Å². The lowest BCUT2D eigenvalue weighted by molar-refractivity contribution is -0.113. The van der Waals surface area contributed by atoms with E-state index in [0.717, 1.165) is 44.4 Å². The molecule has 8 heteroatoms. The van der Waals surface area contributed by atoms with E-state index in [4.69, 9.17) is 0 Å². The van der Waals surface area contributed by atoms with Crippen LogP contribution < -0.4 is 5.32 Å². The number of carbonyl (C=O) groups is 1. The van der Waals surface area contributed by atoms with Crippen molar-refractivity contribution < 1.29 is 4.79 Å². The monoisotopic (exact) mass is 445 g/mol. The lowest BCUT2D eigenvalue weighted by Crippen LogP contribution is -2.16. The first kappa shape index (κ1) is 19.6. The fraction of sp³-hybridized carbons (Fsp3) is 0.263. The second kappa shape index (κ2) is 8.67. The maximum atomic E-state index is 12.4. The minimum Gasteiger partial charge on any atom is -0.325 e. The fourth-order valence-corrected chi connectivity index (χ4v) is 4.30. The van der Waals surface area contributed by atoms with Crippen LogP contribution >= 0.6 is 27.7 Å². The smallest absolute Gasteiger partial charge is 0.234 e. The molecule has 140 valence electrons. The van der Waals surface area contributed by atoms with Gasteiger partial charge in [0.15, 0.2) is 11.0 Å². The van der Waals surface area contributed by atoms with E-state index in [0.29, 0.717) is 0 Å². The Kier molecular flexibility index (Phi) is 6.28.